The average Bonchev–Trinajstić information content (AvgIpc) is 3.23. The third kappa shape index (κ3) is 3.06. The van der Waals surface area contributed by atoms with E-state index in [0.717, 1.165) is 23.5 Å². The van der Waals surface area contributed by atoms with E-state index in [0.29, 0.717) is 32.5 Å². The molecule has 8 heteroatoms. The first kappa shape index (κ1) is 15.3. The van der Waals surface area contributed by atoms with Crippen molar-refractivity contribution in [2.24, 2.45) is 0 Å². The average molecular weight is 345 g/mol. The van der Waals surface area contributed by atoms with E-state index in [-0.39, 0.29) is 17.9 Å². The Bertz CT molecular complexity index is 735. The molecule has 0 aliphatic carbocycles. The van der Waals surface area contributed by atoms with Crippen molar-refractivity contribution in [2.75, 3.05) is 19.6 Å². The fourth-order valence-electron chi connectivity index (χ4n) is 3.13. The molecule has 7 nitrogen and oxygen atoms in total. The summed E-state index contributed by atoms with van der Waals surface area (Å²) >= 11 is 1.61. The van der Waals surface area contributed by atoms with E-state index >= 15 is 0 Å². The molecule has 2 fully saturated rings. The largest absolute Gasteiger partial charge is 0.338 e. The minimum absolute atomic E-state index is 0.164. The van der Waals surface area contributed by atoms with Gasteiger partial charge in [0.2, 0.25) is 11.8 Å². The predicted molar refractivity (Wildman–Crippen MR) is 88.3 cm³/mol. The van der Waals surface area contributed by atoms with Crippen LogP contribution < -0.4 is 0 Å². The second-order valence-corrected chi connectivity index (χ2v) is 7.35. The lowest BCUT2D eigenvalue weighted by molar-refractivity contribution is -0.136. The number of carbonyl (C=O) groups is 2. The van der Waals surface area contributed by atoms with Gasteiger partial charge in [0.25, 0.3) is 0 Å². The van der Waals surface area contributed by atoms with Crippen LogP contribution in [0.3, 0.4) is 0 Å². The molecule has 0 N–H and O–H groups in total. The van der Waals surface area contributed by atoms with Crippen molar-refractivity contribution < 1.29 is 9.59 Å². The van der Waals surface area contributed by atoms with Gasteiger partial charge in [-0.15, -0.1) is 16.4 Å². The van der Waals surface area contributed by atoms with Crippen LogP contribution in [0.1, 0.15) is 29.5 Å². The molecule has 0 aromatic carbocycles. The van der Waals surface area contributed by atoms with Crippen molar-refractivity contribution in [1.29, 1.82) is 0 Å². The molecule has 4 rings (SSSR count). The van der Waals surface area contributed by atoms with Gasteiger partial charge in [0.1, 0.15) is 5.69 Å². The molecule has 24 heavy (non-hydrogen) atoms. The molecule has 0 spiro atoms. The lowest BCUT2D eigenvalue weighted by Crippen LogP contribution is -2.51. The van der Waals surface area contributed by atoms with Crippen molar-refractivity contribution in [1.82, 2.24) is 24.8 Å². The number of thiophene rings is 1. The third-order valence-corrected chi connectivity index (χ3v) is 5.45. The smallest absolute Gasteiger partial charge is 0.227 e. The molecule has 2 saturated heterocycles. The van der Waals surface area contributed by atoms with Crippen LogP contribution in [-0.2, 0) is 22.6 Å². The monoisotopic (exact) mass is 345 g/mol. The Morgan fingerprint density at radius 3 is 2.96 bits per heavy atom. The molecule has 4 heterocycles. The summed E-state index contributed by atoms with van der Waals surface area (Å²) in [5.74, 6) is 0.357. The van der Waals surface area contributed by atoms with Crippen molar-refractivity contribution >= 4 is 23.2 Å². The van der Waals surface area contributed by atoms with Gasteiger partial charge >= 0.3 is 0 Å². The van der Waals surface area contributed by atoms with Gasteiger partial charge in [-0.2, -0.15) is 0 Å². The third-order valence-electron chi connectivity index (χ3n) is 4.58. The molecule has 2 aromatic rings. The second kappa shape index (κ2) is 6.35. The Kier molecular flexibility index (Phi) is 4.05. The van der Waals surface area contributed by atoms with E-state index in [1.807, 2.05) is 38.2 Å². The summed E-state index contributed by atoms with van der Waals surface area (Å²) in [6.45, 7) is 2.69. The van der Waals surface area contributed by atoms with Crippen molar-refractivity contribution in [3.63, 3.8) is 0 Å². The van der Waals surface area contributed by atoms with Gasteiger partial charge in [-0.05, 0) is 17.9 Å². The molecule has 2 aliphatic rings. The van der Waals surface area contributed by atoms with Crippen molar-refractivity contribution in [3.05, 3.63) is 34.3 Å². The first-order chi connectivity index (χ1) is 11.7. The zero-order valence-electron chi connectivity index (χ0n) is 13.3. The van der Waals surface area contributed by atoms with Crippen LogP contribution in [0, 0.1) is 0 Å². The predicted octanol–water partition coefficient (Wildman–Crippen LogP) is 1.09. The molecular formula is C16H19N5O2S. The first-order valence-electron chi connectivity index (χ1n) is 8.17. The van der Waals surface area contributed by atoms with E-state index in [1.54, 1.807) is 11.3 Å². The zero-order chi connectivity index (χ0) is 16.5. The summed E-state index contributed by atoms with van der Waals surface area (Å²) in [6.07, 6.45) is 3.94. The molecule has 0 unspecified atom stereocenters. The molecule has 2 aromatic heterocycles. The van der Waals surface area contributed by atoms with Gasteiger partial charge in [0, 0.05) is 30.9 Å². The number of carbonyl (C=O) groups excluding carboxylic acids is 2. The number of aromatic nitrogens is 3. The number of hydrogen-bond donors (Lipinski definition) is 0. The molecule has 2 amide bonds. The number of amides is 2. The lowest BCUT2D eigenvalue weighted by Gasteiger charge is -2.38. The van der Waals surface area contributed by atoms with Gasteiger partial charge in [0.05, 0.1) is 25.2 Å². The number of nitrogens with zero attached hydrogens (tertiary/aromatic N) is 5. The lowest BCUT2D eigenvalue weighted by atomic mass is 10.1. The maximum absolute atomic E-state index is 12.2. The summed E-state index contributed by atoms with van der Waals surface area (Å²) < 4.78 is 1.82. The number of likely N-dealkylation sites (tertiary alicyclic amines) is 2. The Morgan fingerprint density at radius 2 is 2.25 bits per heavy atom. The normalized spacial score (nSPS) is 18.2. The van der Waals surface area contributed by atoms with Gasteiger partial charge in [0.15, 0.2) is 0 Å². The minimum Gasteiger partial charge on any atom is -0.338 e. The van der Waals surface area contributed by atoms with Crippen LogP contribution in [0.2, 0.25) is 0 Å². The molecule has 0 atom stereocenters. The zero-order valence-corrected chi connectivity index (χ0v) is 14.1. The number of hydrogen-bond acceptors (Lipinski definition) is 5. The maximum atomic E-state index is 12.2. The highest BCUT2D eigenvalue weighted by molar-refractivity contribution is 7.10. The molecule has 2 aliphatic heterocycles. The van der Waals surface area contributed by atoms with Gasteiger partial charge in [-0.25, -0.2) is 4.68 Å². The van der Waals surface area contributed by atoms with Gasteiger partial charge < -0.3 is 9.80 Å². The Labute approximate surface area is 143 Å². The fourth-order valence-corrected chi connectivity index (χ4v) is 3.83. The summed E-state index contributed by atoms with van der Waals surface area (Å²) in [5, 5.41) is 10.3. The Hall–Kier alpha value is -2.22. The van der Waals surface area contributed by atoms with E-state index in [2.05, 4.69) is 10.3 Å². The SMILES string of the molecule is O=C1CCCN1Cc1cn(C2CN(C(=O)Cc3cccs3)C2)nn1. The maximum Gasteiger partial charge on any atom is 0.227 e. The summed E-state index contributed by atoms with van der Waals surface area (Å²) in [5.41, 5.74) is 0.814. The van der Waals surface area contributed by atoms with Crippen LogP contribution in [0.25, 0.3) is 0 Å². The fraction of sp³-hybridized carbons (Fsp3) is 0.500. The minimum atomic E-state index is 0.164. The first-order valence-corrected chi connectivity index (χ1v) is 9.05. The van der Waals surface area contributed by atoms with E-state index in [9.17, 15) is 9.59 Å². The van der Waals surface area contributed by atoms with Crippen LogP contribution in [0.5, 0.6) is 0 Å². The quantitative estimate of drug-likeness (QED) is 0.813. The van der Waals surface area contributed by atoms with E-state index in [1.165, 1.54) is 0 Å². The second-order valence-electron chi connectivity index (χ2n) is 6.32. The standard InChI is InChI=1S/C16H19N5O2S/c22-15-4-1-5-19(15)8-12-9-21(18-17-12)13-10-20(11-13)16(23)7-14-3-2-6-24-14/h2-3,6,9,13H,1,4-5,7-8,10-11H2. The van der Waals surface area contributed by atoms with Crippen LogP contribution in [0.15, 0.2) is 23.7 Å². The number of rotatable bonds is 5. The Balaban J connectivity index is 1.29. The van der Waals surface area contributed by atoms with Crippen molar-refractivity contribution in [3.8, 4) is 0 Å². The molecule has 0 radical (unpaired) electrons. The van der Waals surface area contributed by atoms with Crippen LogP contribution in [-0.4, -0.2) is 56.2 Å². The Morgan fingerprint density at radius 1 is 1.38 bits per heavy atom. The van der Waals surface area contributed by atoms with E-state index in [4.69, 9.17) is 0 Å². The van der Waals surface area contributed by atoms with Gasteiger partial charge in [-0.1, -0.05) is 11.3 Å². The van der Waals surface area contributed by atoms with E-state index < -0.39 is 0 Å². The summed E-state index contributed by atoms with van der Waals surface area (Å²) in [4.78, 5) is 28.6. The molecule has 0 saturated carbocycles. The van der Waals surface area contributed by atoms with Crippen molar-refractivity contribution in [2.45, 2.75) is 31.8 Å². The highest BCUT2D eigenvalue weighted by Crippen LogP contribution is 2.22. The van der Waals surface area contributed by atoms with Crippen LogP contribution in [0.4, 0.5) is 0 Å². The highest BCUT2D eigenvalue weighted by Gasteiger charge is 2.33. The molecule has 126 valence electrons. The highest BCUT2D eigenvalue weighted by atomic mass is 32.1. The summed E-state index contributed by atoms with van der Waals surface area (Å²) in [6, 6.07) is 4.14. The van der Waals surface area contributed by atoms with Gasteiger partial charge in [-0.3, -0.25) is 9.59 Å². The topological polar surface area (TPSA) is 71.3 Å². The molecular weight excluding hydrogens is 326 g/mol. The molecule has 0 bridgehead atoms. The van der Waals surface area contributed by atoms with Crippen LogP contribution >= 0.6 is 11.3 Å². The summed E-state index contributed by atoms with van der Waals surface area (Å²) in [7, 11) is 0.